The van der Waals surface area contributed by atoms with Crippen LogP contribution in [0.4, 0.5) is 5.69 Å². The van der Waals surface area contributed by atoms with Gasteiger partial charge < -0.3 is 10.4 Å². The lowest BCUT2D eigenvalue weighted by Gasteiger charge is -2.13. The SMILES string of the molecule is O=C(O)c1cc(Br)ccc1NC(=S)NC(=O)c1cccc2ccccc12. The largest absolute Gasteiger partial charge is 0.478 e. The molecule has 0 bridgehead atoms. The molecule has 0 aliphatic carbocycles. The number of anilines is 1. The van der Waals surface area contributed by atoms with Gasteiger partial charge in [-0.2, -0.15) is 0 Å². The van der Waals surface area contributed by atoms with Crippen LogP contribution in [-0.2, 0) is 0 Å². The number of amides is 1. The zero-order chi connectivity index (χ0) is 18.7. The number of benzene rings is 3. The Morgan fingerprint density at radius 1 is 0.962 bits per heavy atom. The molecular formula is C19H13BrN2O3S. The number of hydrogen-bond donors (Lipinski definition) is 3. The van der Waals surface area contributed by atoms with Crippen LogP contribution in [0.3, 0.4) is 0 Å². The topological polar surface area (TPSA) is 78.4 Å². The molecule has 1 amide bonds. The lowest BCUT2D eigenvalue weighted by Crippen LogP contribution is -2.34. The van der Waals surface area contributed by atoms with Crippen LogP contribution in [0.15, 0.2) is 65.1 Å². The van der Waals surface area contributed by atoms with Gasteiger partial charge in [0.1, 0.15) is 0 Å². The van der Waals surface area contributed by atoms with Crippen LogP contribution in [0.5, 0.6) is 0 Å². The molecule has 5 nitrogen and oxygen atoms in total. The number of carboxylic acid groups (broad SMARTS) is 1. The molecule has 0 unspecified atom stereocenters. The average Bonchev–Trinajstić information content (AvgIpc) is 2.62. The molecule has 0 atom stereocenters. The Labute approximate surface area is 163 Å². The predicted molar refractivity (Wildman–Crippen MR) is 109 cm³/mol. The van der Waals surface area contributed by atoms with E-state index in [-0.39, 0.29) is 16.6 Å². The summed E-state index contributed by atoms with van der Waals surface area (Å²) in [6.45, 7) is 0. The minimum Gasteiger partial charge on any atom is -0.478 e. The van der Waals surface area contributed by atoms with Crippen molar-refractivity contribution < 1.29 is 14.7 Å². The fourth-order valence-electron chi connectivity index (χ4n) is 2.55. The number of halogens is 1. The van der Waals surface area contributed by atoms with Crippen molar-refractivity contribution in [3.63, 3.8) is 0 Å². The number of fused-ring (bicyclic) bond motifs is 1. The summed E-state index contributed by atoms with van der Waals surface area (Å²) < 4.78 is 0.631. The lowest BCUT2D eigenvalue weighted by molar-refractivity contribution is 0.0697. The van der Waals surface area contributed by atoms with Crippen molar-refractivity contribution in [2.75, 3.05) is 5.32 Å². The fourth-order valence-corrected chi connectivity index (χ4v) is 3.11. The van der Waals surface area contributed by atoms with E-state index < -0.39 is 5.97 Å². The molecule has 0 aliphatic heterocycles. The van der Waals surface area contributed by atoms with Gasteiger partial charge in [0.05, 0.1) is 11.3 Å². The lowest BCUT2D eigenvalue weighted by atomic mass is 10.0. The standard InChI is InChI=1S/C19H13BrN2O3S/c20-12-8-9-16(15(10-12)18(24)25)21-19(26)22-17(23)14-7-3-5-11-4-1-2-6-13(11)14/h1-10H,(H,24,25)(H2,21,22,23,26). The Morgan fingerprint density at radius 2 is 1.69 bits per heavy atom. The molecule has 0 aromatic heterocycles. The average molecular weight is 429 g/mol. The van der Waals surface area contributed by atoms with Gasteiger partial charge in [-0.05, 0) is 47.3 Å². The summed E-state index contributed by atoms with van der Waals surface area (Å²) in [6, 6.07) is 17.7. The molecule has 0 spiro atoms. The minimum absolute atomic E-state index is 0.0211. The monoisotopic (exact) mass is 428 g/mol. The molecule has 0 radical (unpaired) electrons. The first-order valence-electron chi connectivity index (χ1n) is 7.58. The zero-order valence-electron chi connectivity index (χ0n) is 13.3. The molecule has 3 N–H and O–H groups in total. The second kappa shape index (κ2) is 7.63. The first-order valence-corrected chi connectivity index (χ1v) is 8.79. The highest BCUT2D eigenvalue weighted by Gasteiger charge is 2.14. The third-order valence-electron chi connectivity index (χ3n) is 3.72. The zero-order valence-corrected chi connectivity index (χ0v) is 15.7. The third kappa shape index (κ3) is 3.89. The number of aromatic carboxylic acids is 1. The van der Waals surface area contributed by atoms with Gasteiger partial charge in [0.2, 0.25) is 0 Å². The van der Waals surface area contributed by atoms with Gasteiger partial charge in [-0.15, -0.1) is 0 Å². The number of carbonyl (C=O) groups is 2. The van der Waals surface area contributed by atoms with Gasteiger partial charge in [0.25, 0.3) is 5.91 Å². The maximum atomic E-state index is 12.6. The van der Waals surface area contributed by atoms with E-state index in [1.54, 1.807) is 24.3 Å². The minimum atomic E-state index is -1.10. The molecule has 130 valence electrons. The molecule has 3 rings (SSSR count). The number of carboxylic acids is 1. The van der Waals surface area contributed by atoms with E-state index in [9.17, 15) is 14.7 Å². The number of nitrogens with one attached hydrogen (secondary N) is 2. The van der Waals surface area contributed by atoms with Crippen molar-refractivity contribution in [1.29, 1.82) is 0 Å². The Balaban J connectivity index is 1.80. The van der Waals surface area contributed by atoms with Gasteiger partial charge in [-0.1, -0.05) is 52.3 Å². The molecule has 26 heavy (non-hydrogen) atoms. The number of carbonyl (C=O) groups excluding carboxylic acids is 1. The molecule has 0 fully saturated rings. The van der Waals surface area contributed by atoms with E-state index in [0.717, 1.165) is 10.8 Å². The first-order chi connectivity index (χ1) is 12.5. The highest BCUT2D eigenvalue weighted by atomic mass is 79.9. The predicted octanol–water partition coefficient (Wildman–Crippen LogP) is 4.43. The fraction of sp³-hybridized carbons (Fsp3) is 0. The second-order valence-corrected chi connectivity index (χ2v) is 6.75. The van der Waals surface area contributed by atoms with Crippen LogP contribution in [0.25, 0.3) is 10.8 Å². The van der Waals surface area contributed by atoms with E-state index in [0.29, 0.717) is 15.7 Å². The number of rotatable bonds is 3. The quantitative estimate of drug-likeness (QED) is 0.537. The number of thiocarbonyl (C=S) groups is 1. The van der Waals surface area contributed by atoms with Crippen LogP contribution in [0.2, 0.25) is 0 Å². The Kier molecular flexibility index (Phi) is 5.29. The van der Waals surface area contributed by atoms with Crippen LogP contribution < -0.4 is 10.6 Å². The normalized spacial score (nSPS) is 10.3. The maximum absolute atomic E-state index is 12.6. The van der Waals surface area contributed by atoms with Gasteiger partial charge in [-0.3, -0.25) is 10.1 Å². The molecule has 3 aromatic rings. The van der Waals surface area contributed by atoms with Crippen molar-refractivity contribution >= 4 is 61.6 Å². The van der Waals surface area contributed by atoms with Crippen LogP contribution in [0.1, 0.15) is 20.7 Å². The second-order valence-electron chi connectivity index (χ2n) is 5.43. The van der Waals surface area contributed by atoms with Gasteiger partial charge in [-0.25, -0.2) is 4.79 Å². The van der Waals surface area contributed by atoms with E-state index in [2.05, 4.69) is 26.6 Å². The van der Waals surface area contributed by atoms with E-state index in [1.807, 2.05) is 30.3 Å². The van der Waals surface area contributed by atoms with Crippen LogP contribution >= 0.6 is 28.1 Å². The summed E-state index contributed by atoms with van der Waals surface area (Å²) >= 11 is 8.40. The van der Waals surface area contributed by atoms with E-state index in [4.69, 9.17) is 12.2 Å². The summed E-state index contributed by atoms with van der Waals surface area (Å²) in [5, 5.41) is 16.4. The third-order valence-corrected chi connectivity index (χ3v) is 4.42. The highest BCUT2D eigenvalue weighted by Crippen LogP contribution is 2.21. The van der Waals surface area contributed by atoms with Crippen molar-refractivity contribution in [2.45, 2.75) is 0 Å². The van der Waals surface area contributed by atoms with Gasteiger partial charge in [0, 0.05) is 10.0 Å². The summed E-state index contributed by atoms with van der Waals surface area (Å²) in [5.74, 6) is -1.47. The van der Waals surface area contributed by atoms with E-state index in [1.165, 1.54) is 6.07 Å². The molecule has 7 heteroatoms. The highest BCUT2D eigenvalue weighted by molar-refractivity contribution is 9.10. The van der Waals surface area contributed by atoms with Gasteiger partial charge in [0.15, 0.2) is 5.11 Å². The Morgan fingerprint density at radius 3 is 2.46 bits per heavy atom. The smallest absolute Gasteiger partial charge is 0.337 e. The molecular weight excluding hydrogens is 416 g/mol. The molecule has 3 aromatic carbocycles. The maximum Gasteiger partial charge on any atom is 0.337 e. The van der Waals surface area contributed by atoms with Crippen LogP contribution in [-0.4, -0.2) is 22.1 Å². The molecule has 0 aliphatic rings. The first kappa shape index (κ1) is 18.0. The summed E-state index contributed by atoms with van der Waals surface area (Å²) in [5.41, 5.74) is 0.826. The molecule has 0 heterocycles. The van der Waals surface area contributed by atoms with Gasteiger partial charge >= 0.3 is 5.97 Å². The summed E-state index contributed by atoms with van der Waals surface area (Å²) in [6.07, 6.45) is 0. The van der Waals surface area contributed by atoms with Crippen LogP contribution in [0, 0.1) is 0 Å². The summed E-state index contributed by atoms with van der Waals surface area (Å²) in [4.78, 5) is 23.9. The summed E-state index contributed by atoms with van der Waals surface area (Å²) in [7, 11) is 0. The number of hydrogen-bond acceptors (Lipinski definition) is 3. The Hall–Kier alpha value is -2.77. The van der Waals surface area contributed by atoms with Crippen molar-refractivity contribution in [2.24, 2.45) is 0 Å². The van der Waals surface area contributed by atoms with Crippen molar-refractivity contribution in [3.05, 3.63) is 76.3 Å². The van der Waals surface area contributed by atoms with E-state index >= 15 is 0 Å². The molecule has 0 saturated heterocycles. The Bertz CT molecular complexity index is 1030. The van der Waals surface area contributed by atoms with Crippen molar-refractivity contribution in [3.8, 4) is 0 Å². The van der Waals surface area contributed by atoms with Crippen molar-refractivity contribution in [1.82, 2.24) is 5.32 Å². The molecule has 0 saturated carbocycles.